The third-order valence-corrected chi connectivity index (χ3v) is 5.79. The van der Waals surface area contributed by atoms with Crippen molar-refractivity contribution in [2.24, 2.45) is 0 Å². The normalized spacial score (nSPS) is 15.3. The van der Waals surface area contributed by atoms with E-state index in [9.17, 15) is 9.90 Å². The highest BCUT2D eigenvalue weighted by Crippen LogP contribution is 2.17. The Balaban J connectivity index is 1.19. The number of piperazine rings is 1. The zero-order valence-corrected chi connectivity index (χ0v) is 18.3. The van der Waals surface area contributed by atoms with Crippen LogP contribution in [0.1, 0.15) is 15.9 Å². The Morgan fingerprint density at radius 1 is 0.844 bits per heavy atom. The van der Waals surface area contributed by atoms with Crippen LogP contribution in [0.3, 0.4) is 0 Å². The SMILES string of the molecule is O=C(Cc1ccccc1)c1ccc(OCC(O)CN2CCN(c3ccccc3)CC2)cc1. The average Bonchev–Trinajstić information content (AvgIpc) is 2.85. The highest BCUT2D eigenvalue weighted by Gasteiger charge is 2.19. The molecule has 4 rings (SSSR count). The molecule has 5 heteroatoms. The van der Waals surface area contributed by atoms with Crippen LogP contribution < -0.4 is 9.64 Å². The van der Waals surface area contributed by atoms with Gasteiger partial charge in [-0.1, -0.05) is 48.5 Å². The van der Waals surface area contributed by atoms with Crippen LogP contribution in [0.4, 0.5) is 5.69 Å². The molecule has 0 bridgehead atoms. The maximum absolute atomic E-state index is 12.4. The lowest BCUT2D eigenvalue weighted by molar-refractivity contribution is 0.0663. The van der Waals surface area contributed by atoms with Gasteiger partial charge in [-0.15, -0.1) is 0 Å². The van der Waals surface area contributed by atoms with Gasteiger partial charge in [-0.2, -0.15) is 0 Å². The lowest BCUT2D eigenvalue weighted by Gasteiger charge is -2.36. The molecule has 32 heavy (non-hydrogen) atoms. The van der Waals surface area contributed by atoms with Crippen LogP contribution in [0.5, 0.6) is 5.75 Å². The number of carbonyl (C=O) groups is 1. The number of para-hydroxylation sites is 1. The van der Waals surface area contributed by atoms with Gasteiger partial charge in [-0.3, -0.25) is 9.69 Å². The van der Waals surface area contributed by atoms with Crippen LogP contribution in [-0.4, -0.2) is 61.2 Å². The predicted octanol–water partition coefficient (Wildman–Crippen LogP) is 3.67. The Morgan fingerprint density at radius 3 is 2.12 bits per heavy atom. The fraction of sp³-hybridized carbons (Fsp3) is 0.296. The van der Waals surface area contributed by atoms with Gasteiger partial charge in [0.15, 0.2) is 5.78 Å². The van der Waals surface area contributed by atoms with Gasteiger partial charge in [-0.05, 0) is 42.0 Å². The van der Waals surface area contributed by atoms with Gasteiger partial charge >= 0.3 is 0 Å². The fourth-order valence-corrected chi connectivity index (χ4v) is 3.99. The molecule has 1 aliphatic rings. The van der Waals surface area contributed by atoms with E-state index in [1.165, 1.54) is 5.69 Å². The molecule has 3 aromatic carbocycles. The molecular weight excluding hydrogens is 400 g/mol. The molecular formula is C27H30N2O3. The molecule has 0 saturated carbocycles. The van der Waals surface area contributed by atoms with E-state index in [1.807, 2.05) is 36.4 Å². The lowest BCUT2D eigenvalue weighted by Crippen LogP contribution is -2.49. The molecule has 1 aliphatic heterocycles. The second-order valence-electron chi connectivity index (χ2n) is 8.20. The molecule has 5 nitrogen and oxygen atoms in total. The fourth-order valence-electron chi connectivity index (χ4n) is 3.99. The van der Waals surface area contributed by atoms with E-state index in [2.05, 4.69) is 34.1 Å². The maximum atomic E-state index is 12.4. The molecule has 1 saturated heterocycles. The smallest absolute Gasteiger partial charge is 0.167 e. The summed E-state index contributed by atoms with van der Waals surface area (Å²) >= 11 is 0. The first-order valence-corrected chi connectivity index (χ1v) is 11.2. The van der Waals surface area contributed by atoms with Crippen molar-refractivity contribution in [1.82, 2.24) is 4.90 Å². The molecule has 0 spiro atoms. The minimum Gasteiger partial charge on any atom is -0.491 e. The second kappa shape index (κ2) is 10.9. The van der Waals surface area contributed by atoms with E-state index in [-0.39, 0.29) is 12.4 Å². The topological polar surface area (TPSA) is 53.0 Å². The molecule has 1 unspecified atom stereocenters. The van der Waals surface area contributed by atoms with Gasteiger partial charge in [0.2, 0.25) is 0 Å². The zero-order valence-electron chi connectivity index (χ0n) is 18.3. The summed E-state index contributed by atoms with van der Waals surface area (Å²) < 4.78 is 5.75. The van der Waals surface area contributed by atoms with E-state index in [4.69, 9.17) is 4.74 Å². The van der Waals surface area contributed by atoms with E-state index in [0.29, 0.717) is 24.3 Å². The summed E-state index contributed by atoms with van der Waals surface area (Å²) in [4.78, 5) is 17.1. The summed E-state index contributed by atoms with van der Waals surface area (Å²) in [5, 5.41) is 10.4. The molecule has 1 N–H and O–H groups in total. The van der Waals surface area contributed by atoms with E-state index < -0.39 is 6.10 Å². The minimum atomic E-state index is -0.558. The van der Waals surface area contributed by atoms with Crippen molar-refractivity contribution in [1.29, 1.82) is 0 Å². The Bertz CT molecular complexity index is 969. The van der Waals surface area contributed by atoms with Gasteiger partial charge in [0.1, 0.15) is 18.5 Å². The summed E-state index contributed by atoms with van der Waals surface area (Å²) in [6, 6.07) is 27.3. The molecule has 0 aromatic heterocycles. The quantitative estimate of drug-likeness (QED) is 0.525. The summed E-state index contributed by atoms with van der Waals surface area (Å²) in [7, 11) is 0. The molecule has 166 valence electrons. The van der Waals surface area contributed by atoms with Gasteiger partial charge in [0.05, 0.1) is 0 Å². The number of hydrogen-bond acceptors (Lipinski definition) is 5. The molecule has 1 atom stereocenters. The van der Waals surface area contributed by atoms with Crippen molar-refractivity contribution in [3.63, 3.8) is 0 Å². The van der Waals surface area contributed by atoms with Crippen molar-refractivity contribution in [3.8, 4) is 5.75 Å². The van der Waals surface area contributed by atoms with Crippen LogP contribution in [0, 0.1) is 0 Å². The van der Waals surface area contributed by atoms with Crippen molar-refractivity contribution in [2.75, 3.05) is 44.2 Å². The summed E-state index contributed by atoms with van der Waals surface area (Å²) in [5.74, 6) is 0.742. The number of anilines is 1. The lowest BCUT2D eigenvalue weighted by atomic mass is 10.0. The average molecular weight is 431 g/mol. The third-order valence-electron chi connectivity index (χ3n) is 5.79. The molecule has 3 aromatic rings. The van der Waals surface area contributed by atoms with Crippen molar-refractivity contribution in [3.05, 3.63) is 96.1 Å². The second-order valence-corrected chi connectivity index (χ2v) is 8.20. The summed E-state index contributed by atoms with van der Waals surface area (Å²) in [6.07, 6.45) is -0.172. The zero-order chi connectivity index (χ0) is 22.2. The van der Waals surface area contributed by atoms with E-state index in [1.54, 1.807) is 24.3 Å². The molecule has 1 heterocycles. The molecule has 1 fully saturated rings. The number of ether oxygens (including phenoxy) is 1. The first-order valence-electron chi connectivity index (χ1n) is 11.2. The maximum Gasteiger partial charge on any atom is 0.167 e. The van der Waals surface area contributed by atoms with Crippen molar-refractivity contribution < 1.29 is 14.6 Å². The number of hydrogen-bond donors (Lipinski definition) is 1. The number of benzene rings is 3. The number of rotatable bonds is 9. The Kier molecular flexibility index (Phi) is 7.54. The molecule has 0 aliphatic carbocycles. The van der Waals surface area contributed by atoms with Crippen LogP contribution >= 0.6 is 0 Å². The minimum absolute atomic E-state index is 0.0810. The van der Waals surface area contributed by atoms with Gasteiger partial charge in [0, 0.05) is 50.4 Å². The van der Waals surface area contributed by atoms with Gasteiger partial charge < -0.3 is 14.7 Å². The Labute approximate surface area is 189 Å². The standard InChI is InChI=1S/C27H30N2O3/c30-25(20-28-15-17-29(18-16-28)24-9-5-2-6-10-24)21-32-26-13-11-23(12-14-26)27(31)19-22-7-3-1-4-8-22/h1-14,25,30H,15-21H2. The predicted molar refractivity (Wildman–Crippen MR) is 128 cm³/mol. The first kappa shape index (κ1) is 22.1. The van der Waals surface area contributed by atoms with E-state index >= 15 is 0 Å². The summed E-state index contributed by atoms with van der Waals surface area (Å²) in [5.41, 5.74) is 2.92. The number of nitrogens with zero attached hydrogens (tertiary/aromatic N) is 2. The Morgan fingerprint density at radius 2 is 1.47 bits per heavy atom. The van der Waals surface area contributed by atoms with Crippen LogP contribution in [0.2, 0.25) is 0 Å². The van der Waals surface area contributed by atoms with Crippen molar-refractivity contribution >= 4 is 11.5 Å². The highest BCUT2D eigenvalue weighted by atomic mass is 16.5. The van der Waals surface area contributed by atoms with Crippen LogP contribution in [0.25, 0.3) is 0 Å². The largest absolute Gasteiger partial charge is 0.491 e. The number of ketones is 1. The van der Waals surface area contributed by atoms with Crippen LogP contribution in [0.15, 0.2) is 84.9 Å². The number of Topliss-reactive ketones (excluding diaryl/α,β-unsaturated/α-hetero) is 1. The van der Waals surface area contributed by atoms with Crippen molar-refractivity contribution in [2.45, 2.75) is 12.5 Å². The first-order chi connectivity index (χ1) is 15.7. The number of β-amino-alcohol motifs (C(OH)–C–C–N with tert-alkyl or cyclic N) is 1. The number of aliphatic hydroxyl groups is 1. The van der Waals surface area contributed by atoms with Crippen LogP contribution in [-0.2, 0) is 6.42 Å². The van der Waals surface area contributed by atoms with Gasteiger partial charge in [0.25, 0.3) is 0 Å². The monoisotopic (exact) mass is 430 g/mol. The highest BCUT2D eigenvalue weighted by molar-refractivity contribution is 5.97. The number of carbonyl (C=O) groups excluding carboxylic acids is 1. The third kappa shape index (κ3) is 6.19. The van der Waals surface area contributed by atoms with Gasteiger partial charge in [-0.25, -0.2) is 0 Å². The van der Waals surface area contributed by atoms with E-state index in [0.717, 1.165) is 31.7 Å². The molecule has 0 radical (unpaired) electrons. The summed E-state index contributed by atoms with van der Waals surface area (Å²) in [6.45, 7) is 4.58. The Hall–Kier alpha value is -3.15. The molecule has 0 amide bonds. The number of aliphatic hydroxyl groups excluding tert-OH is 1.